The third kappa shape index (κ3) is 6.14. The normalized spacial score (nSPS) is 14.8. The first-order valence-corrected chi connectivity index (χ1v) is 14.9. The van der Waals surface area contributed by atoms with E-state index in [9.17, 15) is 9.59 Å². The first-order valence-electron chi connectivity index (χ1n) is 13.3. The Balaban J connectivity index is 1.66. The number of nitrogens with zero attached hydrogens (tertiary/aromatic N) is 2. The van der Waals surface area contributed by atoms with E-state index in [0.717, 1.165) is 0 Å². The average molecular weight is 644 g/mol. The van der Waals surface area contributed by atoms with Crippen LogP contribution >= 0.6 is 34.5 Å². The number of esters is 1. The van der Waals surface area contributed by atoms with Crippen molar-refractivity contribution in [3.05, 3.63) is 101 Å². The van der Waals surface area contributed by atoms with Crippen molar-refractivity contribution in [1.29, 1.82) is 0 Å². The summed E-state index contributed by atoms with van der Waals surface area (Å²) in [7, 11) is 3.05. The number of rotatable bonds is 10. The zero-order valence-electron chi connectivity index (χ0n) is 23.8. The summed E-state index contributed by atoms with van der Waals surface area (Å²) in [5.41, 5.74) is 1.49. The number of hydrogen-bond donors (Lipinski definition) is 0. The molecule has 0 saturated carbocycles. The second kappa shape index (κ2) is 13.2. The zero-order chi connectivity index (χ0) is 30.7. The minimum Gasteiger partial charge on any atom is -0.493 e. The van der Waals surface area contributed by atoms with E-state index in [1.54, 1.807) is 61.5 Å². The van der Waals surface area contributed by atoms with E-state index < -0.39 is 12.0 Å². The van der Waals surface area contributed by atoms with Gasteiger partial charge in [0.15, 0.2) is 16.3 Å². The number of carbonyl (C=O) groups excluding carboxylic acids is 1. The topological polar surface area (TPSA) is 101 Å². The Labute approximate surface area is 261 Å². The number of methoxy groups -OCH3 is 2. The zero-order valence-corrected chi connectivity index (χ0v) is 26.1. The molecular weight excluding hydrogens is 615 g/mol. The van der Waals surface area contributed by atoms with Crippen molar-refractivity contribution in [2.75, 3.05) is 34.0 Å². The minimum atomic E-state index is -0.898. The molecule has 3 heterocycles. The number of para-hydroxylation sites is 1. The second-order valence-electron chi connectivity index (χ2n) is 9.35. The summed E-state index contributed by atoms with van der Waals surface area (Å²) in [6.45, 7) is 4.16. The van der Waals surface area contributed by atoms with Gasteiger partial charge in [0.2, 0.25) is 0 Å². The van der Waals surface area contributed by atoms with Gasteiger partial charge in [0.1, 0.15) is 24.2 Å². The Hall–Kier alpha value is -3.83. The molecule has 9 nitrogen and oxygen atoms in total. The van der Waals surface area contributed by atoms with Crippen LogP contribution in [0.3, 0.4) is 0 Å². The number of hydrogen-bond acceptors (Lipinski definition) is 9. The van der Waals surface area contributed by atoms with E-state index in [4.69, 9.17) is 46.6 Å². The molecule has 0 amide bonds. The number of halogens is 2. The SMILES string of the molecule is CCOc1c(OC)cccc1[C@@H]1C(C(=O)OCCOC)=C(C)N=c2s/c(=C/c3ccc(-c4ccc(Cl)cc4Cl)o3)c(=O)n21. The lowest BCUT2D eigenvalue weighted by Crippen LogP contribution is -2.40. The molecule has 5 rings (SSSR count). The highest BCUT2D eigenvalue weighted by Gasteiger charge is 2.36. The van der Waals surface area contributed by atoms with Crippen molar-refractivity contribution in [3.8, 4) is 22.8 Å². The number of fused-ring (bicyclic) bond motifs is 1. The lowest BCUT2D eigenvalue weighted by molar-refractivity contribution is -0.140. The number of aromatic nitrogens is 1. The van der Waals surface area contributed by atoms with Crippen LogP contribution in [0.15, 0.2) is 74.0 Å². The van der Waals surface area contributed by atoms with Crippen LogP contribution in [-0.2, 0) is 14.3 Å². The third-order valence-corrected chi connectivity index (χ3v) is 8.20. The third-order valence-electron chi connectivity index (χ3n) is 6.67. The number of benzene rings is 2. The molecule has 0 fully saturated rings. The van der Waals surface area contributed by atoms with E-state index in [-0.39, 0.29) is 24.3 Å². The quantitative estimate of drug-likeness (QED) is 0.169. The number of thiazole rings is 1. The van der Waals surface area contributed by atoms with Crippen LogP contribution in [0, 0.1) is 0 Å². The van der Waals surface area contributed by atoms with E-state index in [1.165, 1.54) is 30.1 Å². The molecule has 0 bridgehead atoms. The summed E-state index contributed by atoms with van der Waals surface area (Å²) in [6, 6.07) is 13.1. The molecule has 1 atom stereocenters. The molecule has 224 valence electrons. The molecule has 0 saturated heterocycles. The maximum absolute atomic E-state index is 14.1. The lowest BCUT2D eigenvalue weighted by Gasteiger charge is -2.27. The Morgan fingerprint density at radius 2 is 1.95 bits per heavy atom. The molecule has 2 aromatic heterocycles. The molecule has 0 N–H and O–H groups in total. The predicted molar refractivity (Wildman–Crippen MR) is 165 cm³/mol. The monoisotopic (exact) mass is 642 g/mol. The Bertz CT molecular complexity index is 1890. The van der Waals surface area contributed by atoms with Gasteiger partial charge < -0.3 is 23.4 Å². The van der Waals surface area contributed by atoms with Crippen LogP contribution in [0.2, 0.25) is 10.0 Å². The van der Waals surface area contributed by atoms with E-state index in [2.05, 4.69) is 4.99 Å². The van der Waals surface area contributed by atoms with Gasteiger partial charge >= 0.3 is 5.97 Å². The highest BCUT2D eigenvalue weighted by molar-refractivity contribution is 7.07. The molecule has 0 radical (unpaired) electrons. The molecule has 1 aliphatic rings. The van der Waals surface area contributed by atoms with Crippen LogP contribution in [0.1, 0.15) is 31.2 Å². The van der Waals surface area contributed by atoms with E-state index in [0.29, 0.717) is 65.8 Å². The Morgan fingerprint density at radius 1 is 1.14 bits per heavy atom. The van der Waals surface area contributed by atoms with E-state index in [1.807, 2.05) is 6.92 Å². The molecule has 12 heteroatoms. The van der Waals surface area contributed by atoms with Crippen molar-refractivity contribution in [2.45, 2.75) is 19.9 Å². The fraction of sp³-hybridized carbons (Fsp3) is 0.258. The molecular formula is C31H28Cl2N2O7S. The second-order valence-corrected chi connectivity index (χ2v) is 11.2. The predicted octanol–water partition coefficient (Wildman–Crippen LogP) is 5.40. The summed E-state index contributed by atoms with van der Waals surface area (Å²) in [4.78, 5) is 32.6. The molecule has 0 unspecified atom stereocenters. The molecule has 1 aliphatic heterocycles. The smallest absolute Gasteiger partial charge is 0.338 e. The van der Waals surface area contributed by atoms with Crippen LogP contribution in [0.5, 0.6) is 11.5 Å². The summed E-state index contributed by atoms with van der Waals surface area (Å²) >= 11 is 13.6. The minimum absolute atomic E-state index is 0.0398. The molecule has 43 heavy (non-hydrogen) atoms. The highest BCUT2D eigenvalue weighted by atomic mass is 35.5. The fourth-order valence-corrected chi connectivity index (χ4v) is 6.30. The van der Waals surface area contributed by atoms with Crippen molar-refractivity contribution in [3.63, 3.8) is 0 Å². The lowest BCUT2D eigenvalue weighted by atomic mass is 9.94. The van der Waals surface area contributed by atoms with Crippen LogP contribution < -0.4 is 24.4 Å². The summed E-state index contributed by atoms with van der Waals surface area (Å²) in [5, 5.41) is 0.952. The largest absolute Gasteiger partial charge is 0.493 e. The van der Waals surface area contributed by atoms with Gasteiger partial charge in [-0.05, 0) is 50.2 Å². The van der Waals surface area contributed by atoms with Crippen molar-refractivity contribution in [1.82, 2.24) is 4.57 Å². The summed E-state index contributed by atoms with van der Waals surface area (Å²) < 4.78 is 30.0. The number of furan rings is 1. The van der Waals surface area contributed by atoms with Crippen molar-refractivity contribution >= 4 is 46.6 Å². The molecule has 4 aromatic rings. The number of carbonyl (C=O) groups is 1. The van der Waals surface area contributed by atoms with Gasteiger partial charge in [-0.3, -0.25) is 9.36 Å². The first kappa shape index (κ1) is 30.6. The highest BCUT2D eigenvalue weighted by Crippen LogP contribution is 2.41. The van der Waals surface area contributed by atoms with Crippen molar-refractivity contribution in [2.24, 2.45) is 4.99 Å². The van der Waals surface area contributed by atoms with Gasteiger partial charge in [0.05, 0.1) is 41.1 Å². The van der Waals surface area contributed by atoms with Gasteiger partial charge in [-0.15, -0.1) is 0 Å². The average Bonchev–Trinajstić information content (AvgIpc) is 3.56. The Kier molecular flexibility index (Phi) is 9.41. The molecule has 0 aliphatic carbocycles. The van der Waals surface area contributed by atoms with Crippen molar-refractivity contribution < 1.29 is 28.2 Å². The maximum atomic E-state index is 14.1. The van der Waals surface area contributed by atoms with Gasteiger partial charge in [-0.1, -0.05) is 46.7 Å². The number of ether oxygens (including phenoxy) is 4. The van der Waals surface area contributed by atoms with Gasteiger partial charge in [0.25, 0.3) is 5.56 Å². The van der Waals surface area contributed by atoms with Gasteiger partial charge in [0, 0.05) is 29.3 Å². The summed E-state index contributed by atoms with van der Waals surface area (Å²) in [5.74, 6) is 1.23. The molecule has 2 aromatic carbocycles. The van der Waals surface area contributed by atoms with E-state index >= 15 is 0 Å². The van der Waals surface area contributed by atoms with Gasteiger partial charge in [-0.25, -0.2) is 9.79 Å². The fourth-order valence-electron chi connectivity index (χ4n) is 4.77. The number of allylic oxidation sites excluding steroid dienone is 1. The van der Waals surface area contributed by atoms with Crippen LogP contribution in [-0.4, -0.2) is 44.6 Å². The molecule has 0 spiro atoms. The van der Waals surface area contributed by atoms with Crippen LogP contribution in [0.25, 0.3) is 17.4 Å². The summed E-state index contributed by atoms with van der Waals surface area (Å²) in [6.07, 6.45) is 1.64. The Morgan fingerprint density at radius 3 is 2.67 bits per heavy atom. The first-order chi connectivity index (χ1) is 20.8. The van der Waals surface area contributed by atoms with Crippen LogP contribution in [0.4, 0.5) is 0 Å². The maximum Gasteiger partial charge on any atom is 0.338 e. The van der Waals surface area contributed by atoms with Gasteiger partial charge in [-0.2, -0.15) is 0 Å². The standard InChI is InChI=1S/C31H28Cl2N2O7S/c1-5-40-28-21(7-6-8-24(28)39-4)27-26(30(37)41-14-13-38-3)17(2)34-31-35(27)29(36)25(43-31)16-19-10-12-23(42-19)20-11-9-18(32)15-22(20)33/h6-12,15-16,27H,5,13-14H2,1-4H3/b25-16+/t27-/m1/s1.